The van der Waals surface area contributed by atoms with Crippen molar-refractivity contribution in [3.05, 3.63) is 31.4 Å². The SMILES string of the molecule is CCc1nnsc1C(NN)c1cscc1Br. The summed E-state index contributed by atoms with van der Waals surface area (Å²) in [5.41, 5.74) is 4.97. The summed E-state index contributed by atoms with van der Waals surface area (Å²) < 4.78 is 5.05. The van der Waals surface area contributed by atoms with Crippen molar-refractivity contribution in [3.63, 3.8) is 0 Å². The zero-order chi connectivity index (χ0) is 11.5. The highest BCUT2D eigenvalue weighted by Crippen LogP contribution is 2.33. The number of nitrogens with one attached hydrogen (secondary N) is 1. The van der Waals surface area contributed by atoms with Crippen LogP contribution in [-0.4, -0.2) is 9.59 Å². The zero-order valence-electron chi connectivity index (χ0n) is 8.61. The van der Waals surface area contributed by atoms with Crippen LogP contribution in [0, 0.1) is 0 Å². The zero-order valence-corrected chi connectivity index (χ0v) is 11.8. The number of aryl methyl sites for hydroxylation is 1. The van der Waals surface area contributed by atoms with Crippen molar-refractivity contribution in [3.8, 4) is 0 Å². The van der Waals surface area contributed by atoms with Crippen LogP contribution in [0.5, 0.6) is 0 Å². The third-order valence-corrected chi connectivity index (χ3v) is 4.89. The van der Waals surface area contributed by atoms with Crippen molar-refractivity contribution in [2.75, 3.05) is 0 Å². The molecule has 0 aliphatic heterocycles. The van der Waals surface area contributed by atoms with Crippen LogP contribution in [0.25, 0.3) is 0 Å². The first-order valence-electron chi connectivity index (χ1n) is 4.76. The van der Waals surface area contributed by atoms with Crippen LogP contribution in [0.1, 0.15) is 29.1 Å². The summed E-state index contributed by atoms with van der Waals surface area (Å²) in [6.07, 6.45) is 0.867. The molecule has 1 atom stereocenters. The summed E-state index contributed by atoms with van der Waals surface area (Å²) in [7, 11) is 0. The predicted octanol–water partition coefficient (Wildman–Crippen LogP) is 2.48. The van der Waals surface area contributed by atoms with Crippen molar-refractivity contribution >= 4 is 38.8 Å². The molecule has 4 nitrogen and oxygen atoms in total. The summed E-state index contributed by atoms with van der Waals surface area (Å²) in [6.45, 7) is 2.07. The minimum absolute atomic E-state index is 0.0319. The van der Waals surface area contributed by atoms with Crippen LogP contribution in [0.15, 0.2) is 15.2 Å². The van der Waals surface area contributed by atoms with Crippen LogP contribution in [0.2, 0.25) is 0 Å². The first kappa shape index (κ1) is 12.1. The fourth-order valence-corrected chi connectivity index (χ4v) is 3.85. The predicted molar refractivity (Wildman–Crippen MR) is 70.5 cm³/mol. The molecule has 3 N–H and O–H groups in total. The Labute approximate surface area is 110 Å². The molecule has 0 aliphatic rings. The van der Waals surface area contributed by atoms with E-state index in [4.69, 9.17) is 5.84 Å². The minimum Gasteiger partial charge on any atom is -0.271 e. The lowest BCUT2D eigenvalue weighted by atomic mass is 10.1. The van der Waals surface area contributed by atoms with E-state index in [0.29, 0.717) is 0 Å². The van der Waals surface area contributed by atoms with E-state index in [9.17, 15) is 0 Å². The third kappa shape index (κ3) is 2.18. The van der Waals surface area contributed by atoms with Gasteiger partial charge in [0.25, 0.3) is 0 Å². The topological polar surface area (TPSA) is 63.8 Å². The molecule has 0 amide bonds. The van der Waals surface area contributed by atoms with Crippen LogP contribution in [-0.2, 0) is 6.42 Å². The van der Waals surface area contributed by atoms with E-state index in [1.807, 2.05) is 5.38 Å². The van der Waals surface area contributed by atoms with Gasteiger partial charge >= 0.3 is 0 Å². The van der Waals surface area contributed by atoms with E-state index in [2.05, 4.69) is 43.2 Å². The molecule has 0 aromatic carbocycles. The fraction of sp³-hybridized carbons (Fsp3) is 0.333. The van der Waals surface area contributed by atoms with Gasteiger partial charge in [0.05, 0.1) is 16.6 Å². The Hall–Kier alpha value is -0.340. The van der Waals surface area contributed by atoms with Gasteiger partial charge in [0.2, 0.25) is 0 Å². The quantitative estimate of drug-likeness (QED) is 0.671. The van der Waals surface area contributed by atoms with Crippen molar-refractivity contribution in [1.82, 2.24) is 15.0 Å². The Morgan fingerprint density at radius 2 is 2.38 bits per heavy atom. The molecule has 2 aromatic rings. The number of nitrogens with two attached hydrogens (primary N) is 1. The molecule has 2 rings (SSSR count). The van der Waals surface area contributed by atoms with Gasteiger partial charge in [0, 0.05) is 15.4 Å². The number of rotatable bonds is 4. The molecule has 86 valence electrons. The average Bonchev–Trinajstić information content (AvgIpc) is 2.90. The highest BCUT2D eigenvalue weighted by Gasteiger charge is 2.21. The Kier molecular flexibility index (Phi) is 4.04. The van der Waals surface area contributed by atoms with E-state index in [-0.39, 0.29) is 6.04 Å². The average molecular weight is 319 g/mol. The maximum Gasteiger partial charge on any atom is 0.0856 e. The minimum atomic E-state index is -0.0319. The molecule has 2 aromatic heterocycles. The lowest BCUT2D eigenvalue weighted by molar-refractivity contribution is 0.639. The standard InChI is InChI=1S/C9H11BrN4S2/c1-2-7-9(16-14-13-7)8(12-11)5-3-15-4-6(5)10/h3-4,8,12H,2,11H2,1H3. The first-order valence-corrected chi connectivity index (χ1v) is 7.27. The molecule has 2 heterocycles. The maximum atomic E-state index is 5.63. The van der Waals surface area contributed by atoms with Gasteiger partial charge in [-0.15, -0.1) is 5.10 Å². The Morgan fingerprint density at radius 1 is 1.56 bits per heavy atom. The first-order chi connectivity index (χ1) is 7.77. The van der Waals surface area contributed by atoms with Crippen LogP contribution in [0.4, 0.5) is 0 Å². The Balaban J connectivity index is 2.40. The molecule has 0 aliphatic carbocycles. The number of nitrogens with zero attached hydrogens (tertiary/aromatic N) is 2. The second-order valence-corrected chi connectivity index (χ2v) is 5.60. The number of aromatic nitrogens is 2. The van der Waals surface area contributed by atoms with Gasteiger partial charge in [-0.1, -0.05) is 11.4 Å². The summed E-state index contributed by atoms with van der Waals surface area (Å²) in [5.74, 6) is 5.63. The van der Waals surface area contributed by atoms with Gasteiger partial charge < -0.3 is 0 Å². The number of hydrogen-bond donors (Lipinski definition) is 2. The second kappa shape index (κ2) is 5.33. The number of halogens is 1. The Morgan fingerprint density at radius 3 is 2.94 bits per heavy atom. The Bertz CT molecular complexity index is 468. The molecular weight excluding hydrogens is 308 g/mol. The molecule has 7 heteroatoms. The molecule has 16 heavy (non-hydrogen) atoms. The normalized spacial score (nSPS) is 12.9. The summed E-state index contributed by atoms with van der Waals surface area (Å²) >= 11 is 6.55. The van der Waals surface area contributed by atoms with Crippen molar-refractivity contribution in [1.29, 1.82) is 0 Å². The molecule has 0 bridgehead atoms. The molecule has 0 fully saturated rings. The van der Waals surface area contributed by atoms with E-state index in [1.54, 1.807) is 11.3 Å². The lowest BCUT2D eigenvalue weighted by Gasteiger charge is -2.14. The summed E-state index contributed by atoms with van der Waals surface area (Å²) in [5, 5.41) is 8.22. The smallest absolute Gasteiger partial charge is 0.0856 e. The fourth-order valence-electron chi connectivity index (χ4n) is 1.48. The maximum absolute atomic E-state index is 5.63. The van der Waals surface area contributed by atoms with Crippen molar-refractivity contribution in [2.45, 2.75) is 19.4 Å². The summed E-state index contributed by atoms with van der Waals surface area (Å²) in [6, 6.07) is -0.0319. The van der Waals surface area contributed by atoms with E-state index in [0.717, 1.165) is 27.0 Å². The largest absolute Gasteiger partial charge is 0.271 e. The summed E-state index contributed by atoms with van der Waals surface area (Å²) in [4.78, 5) is 1.09. The van der Waals surface area contributed by atoms with Gasteiger partial charge in [-0.2, -0.15) is 11.3 Å². The van der Waals surface area contributed by atoms with Crippen LogP contribution in [0.3, 0.4) is 0 Å². The highest BCUT2D eigenvalue weighted by molar-refractivity contribution is 9.10. The van der Waals surface area contributed by atoms with Gasteiger partial charge in [0.15, 0.2) is 0 Å². The number of hydrazine groups is 1. The van der Waals surface area contributed by atoms with Gasteiger partial charge in [-0.3, -0.25) is 5.84 Å². The lowest BCUT2D eigenvalue weighted by Crippen LogP contribution is -2.28. The van der Waals surface area contributed by atoms with Crippen molar-refractivity contribution < 1.29 is 0 Å². The number of thiophene rings is 1. The van der Waals surface area contributed by atoms with Gasteiger partial charge in [-0.25, -0.2) is 5.43 Å². The van der Waals surface area contributed by atoms with Gasteiger partial charge in [0.1, 0.15) is 0 Å². The molecule has 0 radical (unpaired) electrons. The van der Waals surface area contributed by atoms with E-state index in [1.165, 1.54) is 11.5 Å². The molecule has 0 saturated carbocycles. The third-order valence-electron chi connectivity index (χ3n) is 2.30. The van der Waals surface area contributed by atoms with E-state index < -0.39 is 0 Å². The molecule has 1 unspecified atom stereocenters. The monoisotopic (exact) mass is 318 g/mol. The van der Waals surface area contributed by atoms with E-state index >= 15 is 0 Å². The highest BCUT2D eigenvalue weighted by atomic mass is 79.9. The molecular formula is C9H11BrN4S2. The van der Waals surface area contributed by atoms with Crippen LogP contribution >= 0.6 is 38.8 Å². The number of hydrogen-bond acceptors (Lipinski definition) is 6. The van der Waals surface area contributed by atoms with Crippen LogP contribution < -0.4 is 11.3 Å². The molecule has 0 spiro atoms. The second-order valence-electron chi connectivity index (χ2n) is 3.21. The van der Waals surface area contributed by atoms with Gasteiger partial charge in [-0.05, 0) is 39.3 Å². The molecule has 0 saturated heterocycles. The van der Waals surface area contributed by atoms with Crippen molar-refractivity contribution in [2.24, 2.45) is 5.84 Å².